The maximum atomic E-state index is 11.8. The van der Waals surface area contributed by atoms with E-state index in [0.29, 0.717) is 26.1 Å². The Kier molecular flexibility index (Phi) is 8.35. The largest absolute Gasteiger partial charge is 0.383 e. The Morgan fingerprint density at radius 2 is 2.12 bits per heavy atom. The average Bonchev–Trinajstić information content (AvgIpc) is 2.30. The number of nitrogens with one attached hydrogen (secondary N) is 1. The van der Waals surface area contributed by atoms with Crippen molar-refractivity contribution in [2.24, 2.45) is 11.7 Å². The predicted octanol–water partition coefficient (Wildman–Crippen LogP) is -0.808. The van der Waals surface area contributed by atoms with Crippen molar-refractivity contribution in [3.8, 4) is 0 Å². The summed E-state index contributed by atoms with van der Waals surface area (Å²) >= 11 is 0. The monoisotopic (exact) mass is 245 g/mol. The first-order valence-electron chi connectivity index (χ1n) is 5.77. The predicted molar refractivity (Wildman–Crippen MR) is 65.4 cm³/mol. The van der Waals surface area contributed by atoms with Crippen LogP contribution in [-0.4, -0.2) is 57.1 Å². The highest BCUT2D eigenvalue weighted by Crippen LogP contribution is 2.04. The minimum absolute atomic E-state index is 0.0546. The number of hydrogen-bond donors (Lipinski definition) is 2. The van der Waals surface area contributed by atoms with Gasteiger partial charge in [0.2, 0.25) is 11.8 Å². The lowest BCUT2D eigenvalue weighted by molar-refractivity contribution is -0.137. The first-order chi connectivity index (χ1) is 8.06. The van der Waals surface area contributed by atoms with Gasteiger partial charge in [-0.15, -0.1) is 0 Å². The van der Waals surface area contributed by atoms with Crippen LogP contribution in [0.15, 0.2) is 0 Å². The molecule has 0 aliphatic heterocycles. The molecule has 0 aliphatic carbocycles. The second-order valence-corrected chi connectivity index (χ2v) is 3.88. The number of nitrogens with two attached hydrogens (primary N) is 1. The van der Waals surface area contributed by atoms with E-state index in [-0.39, 0.29) is 24.3 Å². The molecule has 2 amide bonds. The summed E-state index contributed by atoms with van der Waals surface area (Å²) in [4.78, 5) is 24.7. The Morgan fingerprint density at radius 1 is 1.47 bits per heavy atom. The van der Waals surface area contributed by atoms with Crippen molar-refractivity contribution < 1.29 is 14.3 Å². The zero-order chi connectivity index (χ0) is 13.3. The summed E-state index contributed by atoms with van der Waals surface area (Å²) in [5.41, 5.74) is 5.49. The number of carbonyl (C=O) groups is 2. The topological polar surface area (TPSA) is 84.7 Å². The molecule has 0 aliphatic rings. The van der Waals surface area contributed by atoms with Gasteiger partial charge in [-0.25, -0.2) is 0 Å². The van der Waals surface area contributed by atoms with Crippen LogP contribution in [0.5, 0.6) is 0 Å². The van der Waals surface area contributed by atoms with Crippen LogP contribution in [0.3, 0.4) is 0 Å². The third kappa shape index (κ3) is 6.23. The van der Waals surface area contributed by atoms with E-state index < -0.39 is 0 Å². The summed E-state index contributed by atoms with van der Waals surface area (Å²) in [6.07, 6.45) is 0.685. The van der Waals surface area contributed by atoms with Crippen LogP contribution in [-0.2, 0) is 14.3 Å². The van der Waals surface area contributed by atoms with Gasteiger partial charge in [0.1, 0.15) is 0 Å². The minimum atomic E-state index is -0.202. The van der Waals surface area contributed by atoms with E-state index in [1.54, 1.807) is 14.2 Å². The molecule has 6 heteroatoms. The van der Waals surface area contributed by atoms with Gasteiger partial charge in [0.15, 0.2) is 0 Å². The second-order valence-electron chi connectivity index (χ2n) is 3.88. The number of methoxy groups -OCH3 is 1. The third-order valence-electron chi connectivity index (χ3n) is 2.51. The van der Waals surface area contributed by atoms with Gasteiger partial charge in [0.05, 0.1) is 19.1 Å². The summed E-state index contributed by atoms with van der Waals surface area (Å²) in [7, 11) is 3.17. The smallest absolute Gasteiger partial charge is 0.239 e. The molecule has 0 fully saturated rings. The van der Waals surface area contributed by atoms with Gasteiger partial charge in [-0.05, 0) is 6.42 Å². The molecule has 0 saturated heterocycles. The normalized spacial score (nSPS) is 12.0. The fourth-order valence-corrected chi connectivity index (χ4v) is 1.40. The molecule has 0 aromatic carbocycles. The van der Waals surface area contributed by atoms with E-state index in [9.17, 15) is 9.59 Å². The van der Waals surface area contributed by atoms with Crippen LogP contribution in [0.2, 0.25) is 0 Å². The van der Waals surface area contributed by atoms with Crippen molar-refractivity contribution in [2.75, 3.05) is 40.4 Å². The van der Waals surface area contributed by atoms with E-state index in [0.717, 1.165) is 0 Å². The number of nitrogens with zero attached hydrogens (tertiary/aromatic N) is 1. The summed E-state index contributed by atoms with van der Waals surface area (Å²) < 4.78 is 4.81. The van der Waals surface area contributed by atoms with E-state index in [2.05, 4.69) is 5.32 Å². The van der Waals surface area contributed by atoms with Crippen molar-refractivity contribution >= 4 is 11.8 Å². The van der Waals surface area contributed by atoms with Gasteiger partial charge >= 0.3 is 0 Å². The van der Waals surface area contributed by atoms with E-state index >= 15 is 0 Å². The van der Waals surface area contributed by atoms with Gasteiger partial charge in [-0.1, -0.05) is 6.92 Å². The standard InChI is InChI=1S/C11H23N3O3/c1-4-9(7-12)11(16)14(2)8-10(15)13-5-6-17-3/h9H,4-8,12H2,1-3H3,(H,13,15). The van der Waals surface area contributed by atoms with E-state index in [4.69, 9.17) is 10.5 Å². The zero-order valence-corrected chi connectivity index (χ0v) is 10.9. The molecule has 0 aromatic heterocycles. The van der Waals surface area contributed by atoms with Crippen molar-refractivity contribution in [1.29, 1.82) is 0 Å². The molecule has 100 valence electrons. The summed E-state index contributed by atoms with van der Waals surface area (Å²) in [6, 6.07) is 0. The number of amides is 2. The van der Waals surface area contributed by atoms with Crippen molar-refractivity contribution in [1.82, 2.24) is 10.2 Å². The highest BCUT2D eigenvalue weighted by Gasteiger charge is 2.20. The summed E-state index contributed by atoms with van der Waals surface area (Å²) in [5.74, 6) is -0.478. The SMILES string of the molecule is CCC(CN)C(=O)N(C)CC(=O)NCCOC. The first kappa shape index (κ1) is 15.9. The highest BCUT2D eigenvalue weighted by atomic mass is 16.5. The summed E-state index contributed by atoms with van der Waals surface area (Å²) in [6.45, 7) is 3.18. The average molecular weight is 245 g/mol. The maximum absolute atomic E-state index is 11.8. The molecule has 0 heterocycles. The van der Waals surface area contributed by atoms with Gasteiger partial charge < -0.3 is 20.7 Å². The number of ether oxygens (including phenoxy) is 1. The maximum Gasteiger partial charge on any atom is 0.239 e. The molecule has 0 bridgehead atoms. The summed E-state index contributed by atoms with van der Waals surface area (Å²) in [5, 5.41) is 2.66. The molecular weight excluding hydrogens is 222 g/mol. The first-order valence-corrected chi connectivity index (χ1v) is 5.77. The molecule has 0 radical (unpaired) electrons. The Bertz CT molecular complexity index is 242. The minimum Gasteiger partial charge on any atom is -0.383 e. The molecule has 1 atom stereocenters. The van der Waals surface area contributed by atoms with Crippen molar-refractivity contribution in [3.63, 3.8) is 0 Å². The van der Waals surface area contributed by atoms with Crippen LogP contribution in [0.25, 0.3) is 0 Å². The molecule has 6 nitrogen and oxygen atoms in total. The lowest BCUT2D eigenvalue weighted by Crippen LogP contribution is -2.43. The van der Waals surface area contributed by atoms with Gasteiger partial charge in [-0.2, -0.15) is 0 Å². The fraction of sp³-hybridized carbons (Fsp3) is 0.818. The molecule has 0 saturated carbocycles. The van der Waals surface area contributed by atoms with E-state index in [1.807, 2.05) is 6.92 Å². The Balaban J connectivity index is 4.02. The molecule has 17 heavy (non-hydrogen) atoms. The Morgan fingerprint density at radius 3 is 2.59 bits per heavy atom. The molecule has 0 aromatic rings. The number of hydrogen-bond acceptors (Lipinski definition) is 4. The van der Waals surface area contributed by atoms with Gasteiger partial charge in [0.25, 0.3) is 0 Å². The van der Waals surface area contributed by atoms with Crippen LogP contribution in [0.1, 0.15) is 13.3 Å². The highest BCUT2D eigenvalue weighted by molar-refractivity contribution is 5.85. The fourth-order valence-electron chi connectivity index (χ4n) is 1.40. The number of likely N-dealkylation sites (N-methyl/N-ethyl adjacent to an activating group) is 1. The Labute approximate surface area is 102 Å². The zero-order valence-electron chi connectivity index (χ0n) is 10.9. The molecule has 3 N–H and O–H groups in total. The van der Waals surface area contributed by atoms with Gasteiger partial charge in [0, 0.05) is 27.2 Å². The van der Waals surface area contributed by atoms with Crippen LogP contribution in [0, 0.1) is 5.92 Å². The third-order valence-corrected chi connectivity index (χ3v) is 2.51. The molecule has 0 spiro atoms. The lowest BCUT2D eigenvalue weighted by Gasteiger charge is -2.21. The molecule has 0 rings (SSSR count). The van der Waals surface area contributed by atoms with Crippen molar-refractivity contribution in [2.45, 2.75) is 13.3 Å². The number of rotatable bonds is 8. The van der Waals surface area contributed by atoms with Crippen LogP contribution in [0.4, 0.5) is 0 Å². The quantitative estimate of drug-likeness (QED) is 0.548. The molecule has 1 unspecified atom stereocenters. The lowest BCUT2D eigenvalue weighted by atomic mass is 10.1. The van der Waals surface area contributed by atoms with Gasteiger partial charge in [-0.3, -0.25) is 9.59 Å². The molecular formula is C11H23N3O3. The van der Waals surface area contributed by atoms with Crippen LogP contribution >= 0.6 is 0 Å². The van der Waals surface area contributed by atoms with Crippen LogP contribution < -0.4 is 11.1 Å². The van der Waals surface area contributed by atoms with E-state index in [1.165, 1.54) is 4.90 Å². The second kappa shape index (κ2) is 8.95. The Hall–Kier alpha value is -1.14. The number of carbonyl (C=O) groups excluding carboxylic acids is 2. The van der Waals surface area contributed by atoms with Crippen molar-refractivity contribution in [3.05, 3.63) is 0 Å².